The minimum absolute atomic E-state index is 0.0168. The zero-order chi connectivity index (χ0) is 88.3. The molecule has 7 atom stereocenters. The van der Waals surface area contributed by atoms with Crippen LogP contribution < -0.4 is 22.6 Å². The number of carbonyl (C=O) groups is 3. The van der Waals surface area contributed by atoms with Gasteiger partial charge >= 0.3 is 17.9 Å². The number of aryl methyl sites for hydroxylation is 1. The zero-order valence-electron chi connectivity index (χ0n) is 74.3. The number of esters is 3. The average molecular weight is 1780 g/mol. The Morgan fingerprint density at radius 2 is 0.957 bits per heavy atom. The van der Waals surface area contributed by atoms with Gasteiger partial charge in [-0.15, -0.1) is 0 Å². The number of carbonyl (C=O) groups excluding carboxylic acids is 3. The molecule has 117 heavy (non-hydrogen) atoms. The smallest absolute Gasteiger partial charge is 0.344 e. The van der Waals surface area contributed by atoms with Crippen LogP contribution in [0.25, 0.3) is 10.8 Å². The number of halogens is 1. The van der Waals surface area contributed by atoms with Gasteiger partial charge in [-0.3, -0.25) is 9.59 Å². The molecule has 0 bridgehead atoms. The van der Waals surface area contributed by atoms with Crippen molar-refractivity contribution in [1.29, 1.82) is 0 Å². The first-order valence-corrected chi connectivity index (χ1v) is 46.9. The highest BCUT2D eigenvalue weighted by molar-refractivity contribution is 7.85. The lowest BCUT2D eigenvalue weighted by molar-refractivity contribution is -0.328. The van der Waals surface area contributed by atoms with Crippen LogP contribution in [-0.2, 0) is 85.5 Å². The number of benzene rings is 8. The van der Waals surface area contributed by atoms with Crippen LogP contribution >= 0.6 is 0 Å². The molecule has 0 saturated heterocycles. The fourth-order valence-corrected chi connectivity index (χ4v) is 13.9. The molecule has 2 aliphatic carbocycles. The molecular weight excluding hydrogens is 1640 g/mol. The maximum atomic E-state index is 11.6. The molecule has 1 fully saturated rings. The Morgan fingerprint density at radius 1 is 0.504 bits per heavy atom. The maximum Gasteiger partial charge on any atom is 0.344 e. The topological polar surface area (TPSA) is 234 Å². The van der Waals surface area contributed by atoms with Gasteiger partial charge in [0.05, 0.1) is 32.6 Å². The van der Waals surface area contributed by atoms with Crippen LogP contribution in [0, 0.1) is 15.4 Å². The predicted octanol–water partition coefficient (Wildman–Crippen LogP) is 21.5. The quantitative estimate of drug-likeness (QED) is 0.0211. The third-order valence-electron chi connectivity index (χ3n) is 21.9. The molecule has 7 unspecified atom stereocenters. The highest BCUT2D eigenvalue weighted by Crippen LogP contribution is 2.35. The summed E-state index contributed by atoms with van der Waals surface area (Å²) in [4.78, 5) is 35.2. The van der Waals surface area contributed by atoms with Gasteiger partial charge in [-0.25, -0.2) is 21.6 Å². The van der Waals surface area contributed by atoms with Gasteiger partial charge in [-0.1, -0.05) is 258 Å². The van der Waals surface area contributed by atoms with Crippen LogP contribution in [0.5, 0.6) is 11.5 Å². The van der Waals surface area contributed by atoms with E-state index in [1.807, 2.05) is 137 Å². The molecule has 2 aliphatic rings. The largest absolute Gasteiger partial charge is 0.748 e. The minimum atomic E-state index is -4.30. The summed E-state index contributed by atoms with van der Waals surface area (Å²) < 4.78 is 80.3. The van der Waals surface area contributed by atoms with Gasteiger partial charge in [0.15, 0.2) is 10.2 Å². The van der Waals surface area contributed by atoms with Gasteiger partial charge < -0.3 is 33.5 Å². The average Bonchev–Trinajstić information content (AvgIpc) is 0.806. The van der Waals surface area contributed by atoms with E-state index in [0.29, 0.717) is 47.2 Å². The summed E-state index contributed by atoms with van der Waals surface area (Å²) in [5, 5.41) is 20.9. The first-order valence-electron chi connectivity index (χ1n) is 42.3. The lowest BCUT2D eigenvalue weighted by Gasteiger charge is -2.34. The van der Waals surface area contributed by atoms with E-state index >= 15 is 0 Å². The highest BCUT2D eigenvalue weighted by Gasteiger charge is 2.32. The third-order valence-corrected chi connectivity index (χ3v) is 24.6. The van der Waals surface area contributed by atoms with Gasteiger partial charge in [0.25, 0.3) is 22.6 Å². The molecule has 8 aromatic rings. The summed E-state index contributed by atoms with van der Waals surface area (Å²) >= 11 is 5.41. The molecule has 1 saturated carbocycles. The number of ether oxygens (including phenoxy) is 3. The van der Waals surface area contributed by atoms with Crippen LogP contribution in [0.3, 0.4) is 0 Å². The SMILES string of the molecule is CC(C)(C)c1ccc([IH+])cc1.CCC(C)C(=O)OC1(C)CCCCC1.CCC(C)C(=O)OCC(=O)OC(C)(C)CC.CCC(C)c1ccc(CS(=O)(=O)[O-])cc1.CCC(C)c1ccc(O)cc1.CCC(C)c1ccc(S(=O)(=O)[O-])cc1.CCC(C)c1cccc2c(O)cccc12.CCC(C)c1cccc2c1CCCC2.[SH2+]c1ccccc1. The number of hydrogen-bond donors (Lipinski definition) is 2. The van der Waals surface area contributed by atoms with E-state index in [0.717, 1.165) is 73.1 Å². The standard InChI is InChI=1S/C14H16O.C14H20.C12H22O4.C12H22O2.C11H16O3S.C10H14I.C10H14O3S.C10H14O.C6H6S/c1-3-10(2)11-6-4-8-13-12(11)7-5-9-14(13)15;1-3-11(2)13-10-6-8-12-7-4-5-9-14(12)13;1-6-9(3)11(14)15-8-10(13)16-12(4,5)7-2;1-4-10(2)11(13)14-12(3)8-6-5-7-9-12;1-3-9(2)11-6-4-10(5-7-11)8-15(12,13)14;1-10(2,3)8-4-6-9(11)7-5-8;1-3-8(2)9-4-6-10(7-5-9)14(11,12)13;1-3-8(2)9-4-6-10(11)7-5-9;7-6-4-2-1-3-5-6/h4-10,15H,3H2,1-2H3;6,8,10-11H,3-5,7,9H2,1-2H3;9H,6-8H2,1-5H3;10H,4-9H2,1-3H3;4-7,9H,3,8H2,1-2H3,(H,12,13,14);4-7,11H,1-3H3;4-8H,3H2,1-2H3,(H,11,12,13);4-8,11H,3H2,1-2H3;1-5,7H/q;;;;;+1;;;/p-1. The summed E-state index contributed by atoms with van der Waals surface area (Å²) in [7, 11) is -8.47. The van der Waals surface area contributed by atoms with Crippen molar-refractivity contribution < 1.29 is 87.3 Å². The Kier molecular flexibility index (Phi) is 49.2. The van der Waals surface area contributed by atoms with Crippen LogP contribution in [0.2, 0.25) is 0 Å². The summed E-state index contributed by atoms with van der Waals surface area (Å²) in [6.45, 7) is 43.4. The van der Waals surface area contributed by atoms with Crippen molar-refractivity contribution in [1.82, 2.24) is 0 Å². The minimum Gasteiger partial charge on any atom is -0.748 e. The molecule has 0 spiro atoms. The Hall–Kier alpha value is -7.07. The second-order valence-corrected chi connectivity index (χ2v) is 37.6. The van der Waals surface area contributed by atoms with Crippen molar-refractivity contribution in [3.8, 4) is 11.5 Å². The van der Waals surface area contributed by atoms with Crippen LogP contribution in [-0.4, -0.2) is 71.9 Å². The van der Waals surface area contributed by atoms with Gasteiger partial charge in [0.1, 0.15) is 37.7 Å². The first-order chi connectivity index (χ1) is 55.0. The van der Waals surface area contributed by atoms with E-state index in [1.165, 1.54) is 94.7 Å². The van der Waals surface area contributed by atoms with E-state index in [9.17, 15) is 45.4 Å². The van der Waals surface area contributed by atoms with Crippen molar-refractivity contribution in [2.45, 2.75) is 316 Å². The van der Waals surface area contributed by atoms with Crippen molar-refractivity contribution in [2.75, 3.05) is 6.61 Å². The second kappa shape index (κ2) is 54.3. The van der Waals surface area contributed by atoms with E-state index < -0.39 is 37.6 Å². The van der Waals surface area contributed by atoms with Crippen molar-refractivity contribution in [3.63, 3.8) is 0 Å². The molecule has 18 heteroatoms. The molecule has 0 amide bonds. The van der Waals surface area contributed by atoms with Crippen LogP contribution in [0.1, 0.15) is 321 Å². The summed E-state index contributed by atoms with van der Waals surface area (Å²) in [5.41, 5.74) is 11.3. The number of phenols is 2. The van der Waals surface area contributed by atoms with E-state index in [2.05, 4.69) is 164 Å². The molecule has 10 rings (SSSR count). The third kappa shape index (κ3) is 41.6. The Morgan fingerprint density at radius 3 is 1.42 bits per heavy atom. The Labute approximate surface area is 725 Å². The first kappa shape index (κ1) is 106. The number of fused-ring (bicyclic) bond motifs is 2. The van der Waals surface area contributed by atoms with Crippen molar-refractivity contribution in [2.24, 2.45) is 11.8 Å². The molecule has 648 valence electrons. The van der Waals surface area contributed by atoms with Gasteiger partial charge in [0, 0.05) is 5.39 Å². The lowest BCUT2D eigenvalue weighted by atomic mass is 9.83. The Balaban J connectivity index is 0.000000449. The maximum absolute atomic E-state index is 11.6. The number of aromatic hydroxyl groups is 2. The number of phenolic OH excluding ortho intramolecular Hbond substituents is 2. The summed E-state index contributed by atoms with van der Waals surface area (Å²) in [5.74, 6) is 2.02. The van der Waals surface area contributed by atoms with Crippen molar-refractivity contribution in [3.05, 3.63) is 236 Å². The zero-order valence-corrected chi connectivity index (χ0v) is 79.3. The van der Waals surface area contributed by atoms with E-state index in [1.54, 1.807) is 66.1 Å². The monoisotopic (exact) mass is 1780 g/mol. The van der Waals surface area contributed by atoms with Gasteiger partial charge in [0.2, 0.25) is 0 Å². The molecule has 8 aromatic carbocycles. The van der Waals surface area contributed by atoms with Crippen LogP contribution in [0.4, 0.5) is 0 Å². The molecular formula is C99H143IO14S3. The van der Waals surface area contributed by atoms with E-state index in [4.69, 9.17) is 19.3 Å². The summed E-state index contributed by atoms with van der Waals surface area (Å²) in [6, 6.07) is 58.2. The predicted molar refractivity (Wildman–Crippen MR) is 483 cm³/mol. The highest BCUT2D eigenvalue weighted by atomic mass is 127. The number of rotatable bonds is 22. The Bertz CT molecular complexity index is 4360. The fourth-order valence-electron chi connectivity index (χ4n) is 12.2. The molecule has 0 heterocycles. The van der Waals surface area contributed by atoms with E-state index in [-0.39, 0.29) is 46.3 Å². The van der Waals surface area contributed by atoms with Crippen molar-refractivity contribution >= 4 is 61.5 Å². The lowest BCUT2D eigenvalue weighted by Crippen LogP contribution is -3.34. The molecule has 14 nitrogen and oxygen atoms in total. The molecule has 0 radical (unpaired) electrons. The van der Waals surface area contributed by atoms with Gasteiger partial charge in [-0.2, -0.15) is 0 Å². The molecule has 0 aromatic heterocycles. The number of hydrogen-bond acceptors (Lipinski definition) is 14. The molecule has 0 aliphatic heterocycles. The second-order valence-electron chi connectivity index (χ2n) is 32.9. The van der Waals surface area contributed by atoms with Crippen LogP contribution in [0.15, 0.2) is 192 Å². The normalized spacial score (nSPS) is 14.5. The van der Waals surface area contributed by atoms with Gasteiger partial charge in [-0.05, 0) is 281 Å². The fraction of sp³-hybridized carbons (Fsp3) is 0.505. The summed E-state index contributed by atoms with van der Waals surface area (Å²) in [6.07, 6.45) is 19.0. The molecule has 2 N–H and O–H groups in total.